The maximum atomic E-state index is 6.94. The zero-order valence-corrected chi connectivity index (χ0v) is 35.7. The Labute approximate surface area is 374 Å². The molecule has 3 nitrogen and oxygen atoms in total. The predicted octanol–water partition coefficient (Wildman–Crippen LogP) is 17.2. The second-order valence-corrected chi connectivity index (χ2v) is 17.3. The summed E-state index contributed by atoms with van der Waals surface area (Å²) < 4.78 is 6.94. The van der Waals surface area contributed by atoms with E-state index in [-0.39, 0.29) is 5.41 Å². The average molecular weight is 821 g/mol. The summed E-state index contributed by atoms with van der Waals surface area (Å²) in [5.41, 5.74) is 18.7. The van der Waals surface area contributed by atoms with E-state index in [4.69, 9.17) is 4.74 Å². The third kappa shape index (κ3) is 6.12. The molecule has 1 aliphatic carbocycles. The topological polar surface area (TPSA) is 15.7 Å². The number of para-hydroxylation sites is 2. The lowest BCUT2D eigenvalue weighted by molar-refractivity contribution is 0.487. The van der Waals surface area contributed by atoms with Crippen molar-refractivity contribution in [2.24, 2.45) is 0 Å². The van der Waals surface area contributed by atoms with Crippen LogP contribution in [-0.2, 0) is 5.41 Å². The summed E-state index contributed by atoms with van der Waals surface area (Å²) in [5.74, 6) is 1.69. The summed E-state index contributed by atoms with van der Waals surface area (Å²) in [6, 6.07) is 83.1. The molecule has 64 heavy (non-hydrogen) atoms. The van der Waals surface area contributed by atoms with Gasteiger partial charge in [0.1, 0.15) is 11.5 Å². The number of ether oxygens (including phenoxy) is 1. The van der Waals surface area contributed by atoms with Crippen LogP contribution in [0.2, 0.25) is 0 Å². The molecule has 2 aliphatic rings. The molecule has 1 aliphatic heterocycles. The molecule has 12 rings (SSSR count). The summed E-state index contributed by atoms with van der Waals surface area (Å²) in [7, 11) is 0. The van der Waals surface area contributed by atoms with Crippen molar-refractivity contribution in [3.05, 3.63) is 242 Å². The highest BCUT2D eigenvalue weighted by Gasteiger charge is 2.36. The van der Waals surface area contributed by atoms with E-state index in [2.05, 4.69) is 254 Å². The first kappa shape index (κ1) is 37.6. The minimum absolute atomic E-state index is 0.0942. The van der Waals surface area contributed by atoms with Gasteiger partial charge < -0.3 is 14.5 Å². The van der Waals surface area contributed by atoms with Gasteiger partial charge in [-0.05, 0) is 123 Å². The molecule has 0 saturated heterocycles. The van der Waals surface area contributed by atoms with E-state index in [1.807, 2.05) is 0 Å². The van der Waals surface area contributed by atoms with Crippen LogP contribution in [0.25, 0.3) is 55.3 Å². The van der Waals surface area contributed by atoms with Crippen LogP contribution in [0.1, 0.15) is 25.0 Å². The van der Waals surface area contributed by atoms with Crippen molar-refractivity contribution in [2.45, 2.75) is 19.3 Å². The van der Waals surface area contributed by atoms with Gasteiger partial charge in [0.25, 0.3) is 0 Å². The second kappa shape index (κ2) is 15.0. The van der Waals surface area contributed by atoms with Gasteiger partial charge in [-0.1, -0.05) is 172 Å². The standard InChI is InChI=1S/C61H44N2O/c1-61(2)53-25-13-12-22-49(53)52-40-48(36-37-54(52)61)63(47-34-32-44(33-35-47)43-30-28-42(29-31-43)41-16-6-3-7-17-41)55-38-39-58-59-50(55)23-14-24-51(59)60-56(26-15-27-57(60)64-58)62(45-18-8-4-9-19-45)46-20-10-5-11-21-46/h3-40H,1-2H3. The largest absolute Gasteiger partial charge is 0.456 e. The number of hydrogen-bond acceptors (Lipinski definition) is 3. The molecule has 0 bridgehead atoms. The van der Waals surface area contributed by atoms with E-state index in [9.17, 15) is 0 Å². The molecule has 3 heteroatoms. The summed E-state index contributed by atoms with van der Waals surface area (Å²) in [4.78, 5) is 4.77. The Kier molecular flexibility index (Phi) is 8.84. The molecular weight excluding hydrogens is 777 g/mol. The Balaban J connectivity index is 1.03. The molecule has 0 amide bonds. The molecule has 0 fully saturated rings. The Hall–Kier alpha value is -8.14. The number of nitrogens with zero attached hydrogens (tertiary/aromatic N) is 2. The van der Waals surface area contributed by atoms with Gasteiger partial charge in [-0.2, -0.15) is 0 Å². The highest BCUT2D eigenvalue weighted by Crippen LogP contribution is 2.56. The van der Waals surface area contributed by atoms with Gasteiger partial charge in [0.2, 0.25) is 0 Å². The molecule has 0 saturated carbocycles. The van der Waals surface area contributed by atoms with E-state index in [1.54, 1.807) is 0 Å². The lowest BCUT2D eigenvalue weighted by Crippen LogP contribution is -2.15. The summed E-state index contributed by atoms with van der Waals surface area (Å²) in [6.45, 7) is 4.69. The Bertz CT molecular complexity index is 3320. The molecule has 10 aromatic rings. The van der Waals surface area contributed by atoms with Crippen LogP contribution in [0.5, 0.6) is 11.5 Å². The van der Waals surface area contributed by atoms with Crippen molar-refractivity contribution >= 4 is 44.9 Å². The fourth-order valence-electron chi connectivity index (χ4n) is 10.2. The van der Waals surface area contributed by atoms with Crippen LogP contribution in [0.3, 0.4) is 0 Å². The van der Waals surface area contributed by atoms with Gasteiger partial charge in [-0.3, -0.25) is 0 Å². The monoisotopic (exact) mass is 820 g/mol. The first-order chi connectivity index (χ1) is 31.5. The van der Waals surface area contributed by atoms with Gasteiger partial charge >= 0.3 is 0 Å². The average Bonchev–Trinajstić information content (AvgIpc) is 3.58. The zero-order chi connectivity index (χ0) is 42.8. The normalized spacial score (nSPS) is 12.8. The fourth-order valence-corrected chi connectivity index (χ4v) is 10.2. The second-order valence-electron chi connectivity index (χ2n) is 17.3. The van der Waals surface area contributed by atoms with Crippen molar-refractivity contribution in [3.8, 4) is 56.0 Å². The molecule has 304 valence electrons. The molecule has 10 aromatic carbocycles. The van der Waals surface area contributed by atoms with E-state index in [1.165, 1.54) is 44.5 Å². The number of hydrogen-bond donors (Lipinski definition) is 0. The van der Waals surface area contributed by atoms with Crippen LogP contribution in [0.15, 0.2) is 231 Å². The smallest absolute Gasteiger partial charge is 0.137 e. The first-order valence-corrected chi connectivity index (χ1v) is 22.1. The Morgan fingerprint density at radius 1 is 0.344 bits per heavy atom. The number of fused-ring (bicyclic) bond motifs is 5. The lowest BCUT2D eigenvalue weighted by atomic mass is 9.82. The van der Waals surface area contributed by atoms with Gasteiger partial charge in [-0.15, -0.1) is 0 Å². The van der Waals surface area contributed by atoms with Crippen LogP contribution >= 0.6 is 0 Å². The minimum atomic E-state index is -0.0942. The third-order valence-electron chi connectivity index (χ3n) is 13.3. The summed E-state index contributed by atoms with van der Waals surface area (Å²) >= 11 is 0. The van der Waals surface area contributed by atoms with Crippen LogP contribution < -0.4 is 14.5 Å². The molecule has 0 atom stereocenters. The molecule has 0 radical (unpaired) electrons. The molecular formula is C61H44N2O. The zero-order valence-electron chi connectivity index (χ0n) is 35.7. The minimum Gasteiger partial charge on any atom is -0.456 e. The molecule has 1 heterocycles. The van der Waals surface area contributed by atoms with Gasteiger partial charge in [0, 0.05) is 44.5 Å². The highest BCUT2D eigenvalue weighted by atomic mass is 16.5. The highest BCUT2D eigenvalue weighted by molar-refractivity contribution is 6.13. The van der Waals surface area contributed by atoms with E-state index in [0.29, 0.717) is 0 Å². The fraction of sp³-hybridized carbons (Fsp3) is 0.0492. The SMILES string of the molecule is CC1(C)c2ccccc2-c2cc(N(c3ccc(-c4ccc(-c5ccccc5)cc4)cc3)c3ccc4c5c(cccc35)-c3c(cccc3N(c3ccccc3)c3ccccc3)O4)ccc21. The van der Waals surface area contributed by atoms with Crippen molar-refractivity contribution in [1.82, 2.24) is 0 Å². The van der Waals surface area contributed by atoms with Crippen molar-refractivity contribution < 1.29 is 4.74 Å². The van der Waals surface area contributed by atoms with Crippen molar-refractivity contribution in [2.75, 3.05) is 9.80 Å². The van der Waals surface area contributed by atoms with E-state index < -0.39 is 0 Å². The quantitative estimate of drug-likeness (QED) is 0.152. The number of anilines is 6. The van der Waals surface area contributed by atoms with Crippen LogP contribution in [0, 0.1) is 0 Å². The van der Waals surface area contributed by atoms with Crippen LogP contribution in [0.4, 0.5) is 34.1 Å². The van der Waals surface area contributed by atoms with Gasteiger partial charge in [0.05, 0.1) is 11.4 Å². The Morgan fingerprint density at radius 3 is 1.55 bits per heavy atom. The first-order valence-electron chi connectivity index (χ1n) is 22.1. The number of benzene rings is 10. The van der Waals surface area contributed by atoms with E-state index >= 15 is 0 Å². The predicted molar refractivity (Wildman–Crippen MR) is 267 cm³/mol. The van der Waals surface area contributed by atoms with Gasteiger partial charge in [-0.25, -0.2) is 0 Å². The van der Waals surface area contributed by atoms with Crippen molar-refractivity contribution in [1.29, 1.82) is 0 Å². The van der Waals surface area contributed by atoms with Crippen molar-refractivity contribution in [3.63, 3.8) is 0 Å². The van der Waals surface area contributed by atoms with Crippen LogP contribution in [-0.4, -0.2) is 0 Å². The maximum absolute atomic E-state index is 6.94. The van der Waals surface area contributed by atoms with E-state index in [0.717, 1.165) is 67.5 Å². The summed E-state index contributed by atoms with van der Waals surface area (Å²) in [5, 5.41) is 2.21. The number of rotatable bonds is 8. The molecule has 0 N–H and O–H groups in total. The maximum Gasteiger partial charge on any atom is 0.137 e. The summed E-state index contributed by atoms with van der Waals surface area (Å²) in [6.07, 6.45) is 0. The molecule has 0 aromatic heterocycles. The lowest BCUT2D eigenvalue weighted by Gasteiger charge is -2.32. The Morgan fingerprint density at radius 2 is 0.859 bits per heavy atom. The molecule has 0 spiro atoms. The van der Waals surface area contributed by atoms with Gasteiger partial charge in [0.15, 0.2) is 0 Å². The molecule has 0 unspecified atom stereocenters. The third-order valence-corrected chi connectivity index (χ3v) is 13.3.